The molecule has 30 heavy (non-hydrogen) atoms. The molecule has 0 radical (unpaired) electrons. The number of hydrogen-bond acceptors (Lipinski definition) is 5. The van der Waals surface area contributed by atoms with E-state index in [1.54, 1.807) is 12.3 Å². The van der Waals surface area contributed by atoms with Gasteiger partial charge in [0.25, 0.3) is 0 Å². The third-order valence-corrected chi connectivity index (χ3v) is 5.73. The van der Waals surface area contributed by atoms with Crippen molar-refractivity contribution in [2.75, 3.05) is 26.2 Å². The van der Waals surface area contributed by atoms with E-state index in [0.29, 0.717) is 17.9 Å². The van der Waals surface area contributed by atoms with Crippen molar-refractivity contribution >= 4 is 15.9 Å². The Kier molecular flexibility index (Phi) is 6.41. The first-order chi connectivity index (χ1) is 14.5. The zero-order valence-corrected chi connectivity index (χ0v) is 18.7. The number of hydrogen-bond donors (Lipinski definition) is 2. The Morgan fingerprint density at radius 1 is 1.13 bits per heavy atom. The van der Waals surface area contributed by atoms with Crippen LogP contribution in [0, 0.1) is 0 Å². The van der Waals surface area contributed by atoms with Crippen LogP contribution in [0.5, 0.6) is 11.5 Å². The number of phenolic OH excluding ortho intramolecular Hbond substituents is 1. The molecule has 2 N–H and O–H groups in total. The molecule has 4 rings (SSSR count). The minimum atomic E-state index is 0.156. The summed E-state index contributed by atoms with van der Waals surface area (Å²) >= 11 is 3.46. The lowest BCUT2D eigenvalue weighted by Gasteiger charge is -2.35. The summed E-state index contributed by atoms with van der Waals surface area (Å²) < 4.78 is 12.7. The second kappa shape index (κ2) is 9.20. The van der Waals surface area contributed by atoms with Crippen LogP contribution in [-0.4, -0.2) is 58.7 Å². The minimum Gasteiger partial charge on any atom is -0.507 e. The van der Waals surface area contributed by atoms with Crippen LogP contribution >= 0.6 is 15.9 Å². The molecule has 1 saturated heterocycles. The van der Waals surface area contributed by atoms with Gasteiger partial charge in [0.15, 0.2) is 0 Å². The second-order valence-corrected chi connectivity index (χ2v) is 8.63. The SMILES string of the molecule is C[C@@H]1CN(CCOc2ccc(-c3[nH]ncc3-c3ccc(Br)cc3)c(O)c2)C[C@@H](C)O1. The van der Waals surface area contributed by atoms with E-state index < -0.39 is 0 Å². The van der Waals surface area contributed by atoms with Gasteiger partial charge in [0.2, 0.25) is 0 Å². The fraction of sp³-hybridized carbons (Fsp3) is 0.348. The van der Waals surface area contributed by atoms with Crippen LogP contribution < -0.4 is 4.74 Å². The van der Waals surface area contributed by atoms with Gasteiger partial charge in [-0.2, -0.15) is 5.10 Å². The zero-order chi connectivity index (χ0) is 21.1. The largest absolute Gasteiger partial charge is 0.507 e. The molecule has 1 aromatic heterocycles. The first kappa shape index (κ1) is 20.9. The summed E-state index contributed by atoms with van der Waals surface area (Å²) in [5.41, 5.74) is 3.42. The number of nitrogens with zero attached hydrogens (tertiary/aromatic N) is 2. The van der Waals surface area contributed by atoms with Crippen LogP contribution in [0.25, 0.3) is 22.4 Å². The van der Waals surface area contributed by atoms with E-state index in [4.69, 9.17) is 9.47 Å². The minimum absolute atomic E-state index is 0.156. The van der Waals surface area contributed by atoms with Gasteiger partial charge in [-0.25, -0.2) is 0 Å². The number of aromatic amines is 1. The molecule has 0 saturated carbocycles. The molecule has 2 heterocycles. The van der Waals surface area contributed by atoms with Crippen molar-refractivity contribution in [3.8, 4) is 33.9 Å². The molecule has 3 aromatic rings. The summed E-state index contributed by atoms with van der Waals surface area (Å²) in [5, 5.41) is 17.8. The number of aromatic hydroxyl groups is 1. The van der Waals surface area contributed by atoms with E-state index in [9.17, 15) is 5.11 Å². The molecule has 2 atom stereocenters. The molecule has 0 bridgehead atoms. The number of H-pyrrole nitrogens is 1. The van der Waals surface area contributed by atoms with Crippen LogP contribution in [0.1, 0.15) is 13.8 Å². The molecule has 0 amide bonds. The van der Waals surface area contributed by atoms with Gasteiger partial charge in [-0.15, -0.1) is 0 Å². The molecule has 7 heteroatoms. The van der Waals surface area contributed by atoms with Crippen molar-refractivity contribution in [1.29, 1.82) is 0 Å². The molecule has 2 aromatic carbocycles. The number of halogens is 1. The Balaban J connectivity index is 1.43. The fourth-order valence-corrected chi connectivity index (χ4v) is 4.18. The Morgan fingerprint density at radius 3 is 2.57 bits per heavy atom. The average Bonchev–Trinajstić information content (AvgIpc) is 3.17. The van der Waals surface area contributed by atoms with Gasteiger partial charge in [0.05, 0.1) is 24.1 Å². The van der Waals surface area contributed by atoms with Crippen LogP contribution in [0.3, 0.4) is 0 Å². The highest BCUT2D eigenvalue weighted by Gasteiger charge is 2.21. The molecular formula is C23H26BrN3O3. The number of nitrogens with one attached hydrogen (secondary N) is 1. The van der Waals surface area contributed by atoms with Gasteiger partial charge in [0.1, 0.15) is 18.1 Å². The summed E-state index contributed by atoms with van der Waals surface area (Å²) in [4.78, 5) is 2.35. The number of aromatic nitrogens is 2. The quantitative estimate of drug-likeness (QED) is 0.545. The Morgan fingerprint density at radius 2 is 1.87 bits per heavy atom. The van der Waals surface area contributed by atoms with Gasteiger partial charge < -0.3 is 14.6 Å². The van der Waals surface area contributed by atoms with E-state index in [-0.39, 0.29) is 18.0 Å². The molecule has 0 unspecified atom stereocenters. The first-order valence-electron chi connectivity index (χ1n) is 10.1. The van der Waals surface area contributed by atoms with Gasteiger partial charge in [-0.3, -0.25) is 10.00 Å². The van der Waals surface area contributed by atoms with Crippen LogP contribution in [0.15, 0.2) is 53.1 Å². The van der Waals surface area contributed by atoms with E-state index in [0.717, 1.165) is 40.9 Å². The van der Waals surface area contributed by atoms with Gasteiger partial charge >= 0.3 is 0 Å². The van der Waals surface area contributed by atoms with Crippen LogP contribution in [0.4, 0.5) is 0 Å². The highest BCUT2D eigenvalue weighted by molar-refractivity contribution is 9.10. The smallest absolute Gasteiger partial charge is 0.128 e. The van der Waals surface area contributed by atoms with Gasteiger partial charge in [0, 0.05) is 41.3 Å². The molecule has 1 fully saturated rings. The fourth-order valence-electron chi connectivity index (χ4n) is 3.91. The normalized spacial score (nSPS) is 19.7. The maximum atomic E-state index is 10.6. The Hall–Kier alpha value is -2.35. The summed E-state index contributed by atoms with van der Waals surface area (Å²) in [6.07, 6.45) is 2.25. The first-order valence-corrected chi connectivity index (χ1v) is 10.9. The van der Waals surface area contributed by atoms with Crippen molar-refractivity contribution in [2.24, 2.45) is 0 Å². The molecule has 1 aliphatic heterocycles. The molecule has 6 nitrogen and oxygen atoms in total. The Bertz CT molecular complexity index is 980. The zero-order valence-electron chi connectivity index (χ0n) is 17.1. The molecular weight excluding hydrogens is 446 g/mol. The standard InChI is InChI=1S/C23H26BrN3O3/c1-15-13-27(14-16(2)30-15)9-10-29-19-7-8-20(22(28)11-19)23-21(12-25-26-23)17-3-5-18(24)6-4-17/h3-8,11-12,15-16,28H,9-10,13-14H2,1-2H3,(H,25,26)/t15-,16-/m1/s1. The van der Waals surface area contributed by atoms with Gasteiger partial charge in [-0.1, -0.05) is 28.1 Å². The summed E-state index contributed by atoms with van der Waals surface area (Å²) in [6.45, 7) is 7.41. The molecule has 0 aliphatic carbocycles. The lowest BCUT2D eigenvalue weighted by molar-refractivity contribution is -0.0699. The van der Waals surface area contributed by atoms with E-state index >= 15 is 0 Å². The lowest BCUT2D eigenvalue weighted by atomic mass is 10.0. The molecule has 158 valence electrons. The lowest BCUT2D eigenvalue weighted by Crippen LogP contribution is -2.46. The highest BCUT2D eigenvalue weighted by Crippen LogP contribution is 2.37. The molecule has 0 spiro atoms. The summed E-state index contributed by atoms with van der Waals surface area (Å²) in [7, 11) is 0. The van der Waals surface area contributed by atoms with E-state index in [1.165, 1.54) is 0 Å². The number of morpholine rings is 1. The maximum absolute atomic E-state index is 10.6. The van der Waals surface area contributed by atoms with E-state index in [1.807, 2.05) is 36.4 Å². The van der Waals surface area contributed by atoms with Crippen molar-refractivity contribution in [3.63, 3.8) is 0 Å². The van der Waals surface area contributed by atoms with Crippen LogP contribution in [0.2, 0.25) is 0 Å². The predicted molar refractivity (Wildman–Crippen MR) is 121 cm³/mol. The number of phenols is 1. The highest BCUT2D eigenvalue weighted by atomic mass is 79.9. The number of benzene rings is 2. The van der Waals surface area contributed by atoms with Crippen molar-refractivity contribution in [3.05, 3.63) is 53.1 Å². The van der Waals surface area contributed by atoms with Crippen molar-refractivity contribution in [1.82, 2.24) is 15.1 Å². The summed E-state index contributed by atoms with van der Waals surface area (Å²) in [6, 6.07) is 13.4. The number of ether oxygens (including phenoxy) is 2. The van der Waals surface area contributed by atoms with Crippen molar-refractivity contribution < 1.29 is 14.6 Å². The maximum Gasteiger partial charge on any atom is 0.128 e. The summed E-state index contributed by atoms with van der Waals surface area (Å²) in [5.74, 6) is 0.805. The van der Waals surface area contributed by atoms with Crippen molar-refractivity contribution in [2.45, 2.75) is 26.1 Å². The van der Waals surface area contributed by atoms with E-state index in [2.05, 4.69) is 44.9 Å². The average molecular weight is 472 g/mol. The number of rotatable bonds is 6. The van der Waals surface area contributed by atoms with Crippen LogP contribution in [-0.2, 0) is 4.74 Å². The van der Waals surface area contributed by atoms with Gasteiger partial charge in [-0.05, 0) is 43.7 Å². The topological polar surface area (TPSA) is 70.6 Å². The second-order valence-electron chi connectivity index (χ2n) is 7.71. The predicted octanol–water partition coefficient (Wildman–Crippen LogP) is 4.70. The Labute approximate surface area is 185 Å². The monoisotopic (exact) mass is 471 g/mol. The third kappa shape index (κ3) is 4.86. The third-order valence-electron chi connectivity index (χ3n) is 5.20. The molecule has 1 aliphatic rings.